The molecular weight excluding hydrogens is 324 g/mol. The largest absolute Gasteiger partial charge is 0.468 e. The minimum absolute atomic E-state index is 0.0323. The SMILES string of the molecule is COC(=O)[C@H](N[C@@H](C(N)=O)C(C)C)c1ccc(Br)cc1. The molecule has 1 rings (SSSR count). The quantitative estimate of drug-likeness (QED) is 0.772. The third-order valence-corrected chi connectivity index (χ3v) is 3.49. The Morgan fingerprint density at radius 2 is 1.80 bits per heavy atom. The van der Waals surface area contributed by atoms with Gasteiger partial charge in [0.05, 0.1) is 13.2 Å². The molecule has 0 saturated heterocycles. The molecule has 0 fully saturated rings. The van der Waals surface area contributed by atoms with Gasteiger partial charge in [-0.15, -0.1) is 0 Å². The number of carbonyl (C=O) groups is 2. The van der Waals surface area contributed by atoms with Crippen LogP contribution in [0.5, 0.6) is 0 Å². The maximum atomic E-state index is 11.9. The topological polar surface area (TPSA) is 81.4 Å². The van der Waals surface area contributed by atoms with Crippen LogP contribution < -0.4 is 11.1 Å². The van der Waals surface area contributed by atoms with Crippen LogP contribution in [0.1, 0.15) is 25.5 Å². The number of rotatable bonds is 6. The highest BCUT2D eigenvalue weighted by molar-refractivity contribution is 9.10. The summed E-state index contributed by atoms with van der Waals surface area (Å²) in [5.74, 6) is -0.986. The monoisotopic (exact) mass is 342 g/mol. The molecular formula is C14H19BrN2O3. The van der Waals surface area contributed by atoms with E-state index in [4.69, 9.17) is 10.5 Å². The highest BCUT2D eigenvalue weighted by Crippen LogP contribution is 2.20. The van der Waals surface area contributed by atoms with Gasteiger partial charge in [0.2, 0.25) is 5.91 Å². The number of amides is 1. The molecule has 0 aromatic heterocycles. The van der Waals surface area contributed by atoms with Crippen LogP contribution in [0.4, 0.5) is 0 Å². The van der Waals surface area contributed by atoms with Crippen molar-refractivity contribution in [2.75, 3.05) is 7.11 Å². The minimum Gasteiger partial charge on any atom is -0.468 e. The number of halogens is 1. The highest BCUT2D eigenvalue weighted by Gasteiger charge is 2.28. The molecule has 0 heterocycles. The van der Waals surface area contributed by atoms with Gasteiger partial charge in [-0.2, -0.15) is 0 Å². The summed E-state index contributed by atoms with van der Waals surface area (Å²) in [6, 6.07) is 5.88. The lowest BCUT2D eigenvalue weighted by Crippen LogP contribution is -2.48. The van der Waals surface area contributed by atoms with Crippen LogP contribution in [0.15, 0.2) is 28.7 Å². The van der Waals surface area contributed by atoms with Crippen molar-refractivity contribution in [3.05, 3.63) is 34.3 Å². The van der Waals surface area contributed by atoms with Gasteiger partial charge in [-0.05, 0) is 23.6 Å². The molecule has 0 bridgehead atoms. The second-order valence-electron chi connectivity index (χ2n) is 4.80. The van der Waals surface area contributed by atoms with E-state index in [0.29, 0.717) is 5.56 Å². The summed E-state index contributed by atoms with van der Waals surface area (Å²) >= 11 is 3.34. The number of hydrogen-bond donors (Lipinski definition) is 2. The molecule has 3 N–H and O–H groups in total. The maximum Gasteiger partial charge on any atom is 0.327 e. The lowest BCUT2D eigenvalue weighted by molar-refractivity contribution is -0.143. The van der Waals surface area contributed by atoms with Crippen molar-refractivity contribution in [3.63, 3.8) is 0 Å². The number of carbonyl (C=O) groups excluding carboxylic acids is 2. The van der Waals surface area contributed by atoms with Crippen molar-refractivity contribution in [1.29, 1.82) is 0 Å². The van der Waals surface area contributed by atoms with Crippen LogP contribution in [0, 0.1) is 5.92 Å². The number of benzene rings is 1. The molecule has 2 atom stereocenters. The normalized spacial score (nSPS) is 13.8. The summed E-state index contributed by atoms with van der Waals surface area (Å²) in [5, 5.41) is 2.98. The van der Waals surface area contributed by atoms with Gasteiger partial charge in [-0.1, -0.05) is 41.9 Å². The zero-order chi connectivity index (χ0) is 15.3. The van der Waals surface area contributed by atoms with E-state index in [2.05, 4.69) is 21.2 Å². The van der Waals surface area contributed by atoms with E-state index in [1.807, 2.05) is 26.0 Å². The Labute approximate surface area is 127 Å². The van der Waals surface area contributed by atoms with Crippen molar-refractivity contribution in [3.8, 4) is 0 Å². The van der Waals surface area contributed by atoms with E-state index in [-0.39, 0.29) is 5.92 Å². The average molecular weight is 343 g/mol. The van der Waals surface area contributed by atoms with Gasteiger partial charge >= 0.3 is 5.97 Å². The minimum atomic E-state index is -0.729. The van der Waals surface area contributed by atoms with E-state index < -0.39 is 24.0 Å². The number of nitrogens with two attached hydrogens (primary N) is 1. The molecule has 5 nitrogen and oxygen atoms in total. The summed E-state index contributed by atoms with van der Waals surface area (Å²) in [4.78, 5) is 23.4. The predicted octanol–water partition coefficient (Wildman–Crippen LogP) is 1.76. The fraction of sp³-hybridized carbons (Fsp3) is 0.429. The lowest BCUT2D eigenvalue weighted by Gasteiger charge is -2.25. The Balaban J connectivity index is 3.04. The van der Waals surface area contributed by atoms with E-state index in [9.17, 15) is 9.59 Å². The third-order valence-electron chi connectivity index (χ3n) is 2.96. The summed E-state index contributed by atoms with van der Waals surface area (Å²) in [6.07, 6.45) is 0. The molecule has 0 spiro atoms. The Morgan fingerprint density at radius 3 is 2.20 bits per heavy atom. The first-order valence-electron chi connectivity index (χ1n) is 6.25. The van der Waals surface area contributed by atoms with Crippen LogP contribution in [-0.2, 0) is 14.3 Å². The Bertz CT molecular complexity index is 474. The van der Waals surface area contributed by atoms with Crippen molar-refractivity contribution in [2.24, 2.45) is 11.7 Å². The second kappa shape index (κ2) is 7.40. The maximum absolute atomic E-state index is 11.9. The van der Waals surface area contributed by atoms with E-state index in [1.54, 1.807) is 12.1 Å². The molecule has 1 aromatic rings. The van der Waals surface area contributed by atoms with Crippen molar-refractivity contribution >= 4 is 27.8 Å². The van der Waals surface area contributed by atoms with E-state index in [1.165, 1.54) is 7.11 Å². The molecule has 110 valence electrons. The van der Waals surface area contributed by atoms with Crippen molar-refractivity contribution in [2.45, 2.75) is 25.9 Å². The molecule has 20 heavy (non-hydrogen) atoms. The fourth-order valence-electron chi connectivity index (χ4n) is 1.86. The second-order valence-corrected chi connectivity index (χ2v) is 5.71. The van der Waals surface area contributed by atoms with Gasteiger partial charge in [0.25, 0.3) is 0 Å². The number of nitrogens with one attached hydrogen (secondary N) is 1. The van der Waals surface area contributed by atoms with Crippen LogP contribution in [-0.4, -0.2) is 25.0 Å². The van der Waals surface area contributed by atoms with Crippen molar-refractivity contribution in [1.82, 2.24) is 5.32 Å². The molecule has 0 unspecified atom stereocenters. The average Bonchev–Trinajstić information content (AvgIpc) is 2.39. The summed E-state index contributed by atoms with van der Waals surface area (Å²) in [5.41, 5.74) is 6.08. The van der Waals surface area contributed by atoms with Crippen LogP contribution >= 0.6 is 15.9 Å². The van der Waals surface area contributed by atoms with Gasteiger partial charge in [0, 0.05) is 4.47 Å². The lowest BCUT2D eigenvalue weighted by atomic mass is 10.00. The zero-order valence-corrected chi connectivity index (χ0v) is 13.3. The van der Waals surface area contributed by atoms with Crippen LogP contribution in [0.2, 0.25) is 0 Å². The zero-order valence-electron chi connectivity index (χ0n) is 11.7. The summed E-state index contributed by atoms with van der Waals surface area (Å²) < 4.78 is 5.70. The third kappa shape index (κ3) is 4.31. The number of primary amides is 1. The number of hydrogen-bond acceptors (Lipinski definition) is 4. The van der Waals surface area contributed by atoms with Gasteiger partial charge in [0.15, 0.2) is 0 Å². The Morgan fingerprint density at radius 1 is 1.25 bits per heavy atom. The molecule has 0 aliphatic carbocycles. The van der Waals surface area contributed by atoms with E-state index >= 15 is 0 Å². The highest BCUT2D eigenvalue weighted by atomic mass is 79.9. The molecule has 6 heteroatoms. The fourth-order valence-corrected chi connectivity index (χ4v) is 2.12. The molecule has 0 radical (unpaired) electrons. The van der Waals surface area contributed by atoms with Gasteiger partial charge in [-0.25, -0.2) is 4.79 Å². The van der Waals surface area contributed by atoms with Gasteiger partial charge < -0.3 is 10.5 Å². The number of ether oxygens (including phenoxy) is 1. The van der Waals surface area contributed by atoms with Gasteiger partial charge in [-0.3, -0.25) is 10.1 Å². The summed E-state index contributed by atoms with van der Waals surface area (Å²) in [7, 11) is 1.31. The predicted molar refractivity (Wildman–Crippen MR) is 79.9 cm³/mol. The molecule has 0 saturated carbocycles. The first-order valence-corrected chi connectivity index (χ1v) is 7.04. The van der Waals surface area contributed by atoms with Crippen molar-refractivity contribution < 1.29 is 14.3 Å². The first kappa shape index (κ1) is 16.7. The number of esters is 1. The molecule has 0 aliphatic heterocycles. The standard InChI is InChI=1S/C14H19BrN2O3/c1-8(2)11(13(16)18)17-12(14(19)20-3)9-4-6-10(15)7-5-9/h4-8,11-12,17H,1-3H3,(H2,16,18)/t11-,12-/m1/s1. The molecule has 1 aromatic carbocycles. The Hall–Kier alpha value is -1.40. The van der Waals surface area contributed by atoms with Crippen LogP contribution in [0.25, 0.3) is 0 Å². The van der Waals surface area contributed by atoms with Crippen LogP contribution in [0.3, 0.4) is 0 Å². The Kier molecular flexibility index (Phi) is 6.16. The van der Waals surface area contributed by atoms with E-state index in [0.717, 1.165) is 4.47 Å². The first-order chi connectivity index (χ1) is 9.36. The summed E-state index contributed by atoms with van der Waals surface area (Å²) in [6.45, 7) is 3.72. The number of methoxy groups -OCH3 is 1. The smallest absolute Gasteiger partial charge is 0.327 e. The van der Waals surface area contributed by atoms with Gasteiger partial charge in [0.1, 0.15) is 6.04 Å². The molecule has 0 aliphatic rings. The molecule has 1 amide bonds.